The van der Waals surface area contributed by atoms with Gasteiger partial charge in [0.1, 0.15) is 25.6 Å². The molecule has 2 atom stereocenters. The number of benzene rings is 2. The molecule has 4 amide bonds. The number of pyridine rings is 1. The maximum Gasteiger partial charge on any atom is 0.257 e. The summed E-state index contributed by atoms with van der Waals surface area (Å²) in [5.74, 6) is 2.16. The lowest BCUT2D eigenvalue weighted by Crippen LogP contribution is -2.38. The number of likely N-dealkylation sites (N-methyl/N-ethyl adjacent to an activating group) is 2. The Morgan fingerprint density at radius 3 is 1.65 bits per heavy atom. The second kappa shape index (κ2) is 30.5. The Hall–Kier alpha value is -6.56. The van der Waals surface area contributed by atoms with E-state index in [1.807, 2.05) is 55.3 Å². The lowest BCUT2D eigenvalue weighted by Gasteiger charge is -2.30. The summed E-state index contributed by atoms with van der Waals surface area (Å²) in [6.07, 6.45) is 9.58. The van der Waals surface area contributed by atoms with Crippen molar-refractivity contribution < 1.29 is 61.8 Å². The molecule has 2 aromatic carbocycles. The Bertz CT molecular complexity index is 2650. The Balaban J connectivity index is 0.922. The largest absolute Gasteiger partial charge is 0.493 e. The number of carbonyl (C=O) groups excluding carboxylic acids is 4. The fourth-order valence-corrected chi connectivity index (χ4v) is 10.6. The van der Waals surface area contributed by atoms with Crippen molar-refractivity contribution in [3.63, 3.8) is 0 Å². The van der Waals surface area contributed by atoms with Crippen molar-refractivity contribution in [2.75, 3.05) is 133 Å². The zero-order chi connectivity index (χ0) is 57.9. The van der Waals surface area contributed by atoms with E-state index in [-0.39, 0.29) is 53.7 Å². The highest BCUT2D eigenvalue weighted by molar-refractivity contribution is 8.01. The molecule has 0 spiro atoms. The van der Waals surface area contributed by atoms with Gasteiger partial charge in [0.2, 0.25) is 11.8 Å². The summed E-state index contributed by atoms with van der Waals surface area (Å²) in [5.41, 5.74) is 5.34. The van der Waals surface area contributed by atoms with Crippen molar-refractivity contribution in [3.8, 4) is 28.7 Å². The van der Waals surface area contributed by atoms with E-state index >= 15 is 0 Å². The zero-order valence-electron chi connectivity index (χ0n) is 48.4. The number of nitrogens with one attached hydrogen (secondary N) is 1. The van der Waals surface area contributed by atoms with E-state index in [1.54, 1.807) is 55.0 Å². The van der Waals surface area contributed by atoms with Crippen LogP contribution in [0.1, 0.15) is 79.1 Å². The molecule has 3 aromatic rings. The van der Waals surface area contributed by atoms with Gasteiger partial charge in [0.05, 0.1) is 119 Å². The molecule has 7 rings (SSSR count). The molecule has 4 aliphatic heterocycles. The van der Waals surface area contributed by atoms with Gasteiger partial charge in [-0.15, -0.1) is 11.8 Å². The number of aromatic nitrogens is 1. The molecule has 81 heavy (non-hydrogen) atoms. The van der Waals surface area contributed by atoms with Gasteiger partial charge in [-0.3, -0.25) is 34.1 Å². The monoisotopic (exact) mass is 1140 g/mol. The first-order chi connectivity index (χ1) is 39.1. The third-order valence-electron chi connectivity index (χ3n) is 14.1. The highest BCUT2D eigenvalue weighted by Gasteiger charge is 2.36. The summed E-state index contributed by atoms with van der Waals surface area (Å²) in [6, 6.07) is 10.2. The Morgan fingerprint density at radius 1 is 0.679 bits per heavy atom. The Labute approximate surface area is 480 Å². The summed E-state index contributed by atoms with van der Waals surface area (Å²) in [4.78, 5) is 73.8. The van der Waals surface area contributed by atoms with Crippen LogP contribution in [0.3, 0.4) is 0 Å². The van der Waals surface area contributed by atoms with Crippen LogP contribution in [-0.2, 0) is 41.8 Å². The number of ether oxygens (including phenoxy) is 9. The minimum Gasteiger partial charge on any atom is -0.493 e. The first kappa shape index (κ1) is 62.0. The minimum absolute atomic E-state index is 0.0163. The van der Waals surface area contributed by atoms with E-state index in [1.165, 1.54) is 25.4 Å². The number of aliphatic imine (C=N–C) groups is 2. The van der Waals surface area contributed by atoms with Crippen LogP contribution in [0.2, 0.25) is 0 Å². The molecule has 0 bridgehead atoms. The first-order valence-electron chi connectivity index (χ1n) is 27.5. The van der Waals surface area contributed by atoms with Crippen molar-refractivity contribution in [1.29, 1.82) is 0 Å². The van der Waals surface area contributed by atoms with Crippen molar-refractivity contribution in [1.82, 2.24) is 29.9 Å². The molecule has 1 aromatic heterocycles. The van der Waals surface area contributed by atoms with Gasteiger partial charge in [-0.05, 0) is 59.7 Å². The zero-order valence-corrected chi connectivity index (χ0v) is 49.2. The topological polar surface area (TPSA) is 214 Å². The summed E-state index contributed by atoms with van der Waals surface area (Å²) in [6.45, 7) is 14.7. The van der Waals surface area contributed by atoms with E-state index in [9.17, 15) is 19.2 Å². The predicted octanol–water partition coefficient (Wildman–Crippen LogP) is 6.49. The molecule has 21 nitrogen and oxygen atoms in total. The van der Waals surface area contributed by atoms with Crippen LogP contribution in [0.15, 0.2) is 69.7 Å². The smallest absolute Gasteiger partial charge is 0.257 e. The summed E-state index contributed by atoms with van der Waals surface area (Å²) < 4.78 is 52.6. The SMILES string of the molecule is C/C=C1\C[C@H]2C=Nc3cc(OCc4cc(OCCN(C)CC(C)(C)SCC(=O)N(C)CCOCCOCCOCCOCCC(=O)NC)cc(COc5cc6c(cc5OC)C(=O)N5C/C(=C/C)C[C@H]5C=N6)n4)c(OC)cc3C(=O)N2C1. The highest BCUT2D eigenvalue weighted by atomic mass is 32.2. The van der Waals surface area contributed by atoms with Crippen LogP contribution in [0, 0.1) is 0 Å². The van der Waals surface area contributed by atoms with Gasteiger partial charge in [0.25, 0.3) is 11.8 Å². The minimum atomic E-state index is -0.252. The molecule has 5 heterocycles. The number of hydrogen-bond acceptors (Lipinski definition) is 18. The van der Waals surface area contributed by atoms with Crippen LogP contribution < -0.4 is 29.0 Å². The Morgan fingerprint density at radius 2 is 1.17 bits per heavy atom. The molecular weight excluding hydrogens is 1060 g/mol. The first-order valence-corrected chi connectivity index (χ1v) is 28.5. The molecule has 2 saturated heterocycles. The molecule has 2 fully saturated rings. The van der Waals surface area contributed by atoms with E-state index in [2.05, 4.69) is 36.2 Å². The summed E-state index contributed by atoms with van der Waals surface area (Å²) >= 11 is 1.60. The van der Waals surface area contributed by atoms with Crippen LogP contribution in [0.4, 0.5) is 11.4 Å². The molecule has 1 N–H and O–H groups in total. The van der Waals surface area contributed by atoms with E-state index in [0.717, 1.165) is 12.8 Å². The number of nitrogens with zero attached hydrogens (tertiary/aromatic N) is 7. The number of allylic oxidation sites excluding steroid dienone is 2. The second-order valence-electron chi connectivity index (χ2n) is 20.6. The number of carbonyl (C=O) groups is 4. The normalized spacial score (nSPS) is 17.5. The van der Waals surface area contributed by atoms with Crippen molar-refractivity contribution in [2.24, 2.45) is 9.98 Å². The van der Waals surface area contributed by atoms with Crippen LogP contribution in [-0.4, -0.2) is 211 Å². The lowest BCUT2D eigenvalue weighted by atomic mass is 10.1. The maximum absolute atomic E-state index is 13.8. The predicted molar refractivity (Wildman–Crippen MR) is 311 cm³/mol. The number of methoxy groups -OCH3 is 2. The standard InChI is InChI=1S/C59H80N8O13S/c1-10-40-24-44-32-61-49-30-53(51(72-8)28-47(49)57(70)66(44)34-40)79-36-42-26-46(27-43(63-42)37-80-54-31-50-48(29-52(54)73-9)58(71)67-35-41(11-2)25-45(67)33-62-50)78-17-13-64(6)39-59(3,4)81-38-56(69)65(7)14-16-75-19-21-77-23-22-76-20-18-74-15-12-55(68)60-5/h10-11,26-33,44-45H,12-25,34-39H2,1-9H3,(H,60,68)/b40-10+,41-11+/t44-,45-/m0/s1. The molecule has 0 unspecified atom stereocenters. The maximum atomic E-state index is 13.8. The summed E-state index contributed by atoms with van der Waals surface area (Å²) in [5, 5.41) is 2.55. The molecular formula is C59H80N8O13S. The van der Waals surface area contributed by atoms with Gasteiger partial charge in [0.15, 0.2) is 23.0 Å². The van der Waals surface area contributed by atoms with Gasteiger partial charge in [0, 0.05) is 94.7 Å². The van der Waals surface area contributed by atoms with Gasteiger partial charge < -0.3 is 67.5 Å². The van der Waals surface area contributed by atoms with Crippen LogP contribution in [0.25, 0.3) is 0 Å². The quantitative estimate of drug-likeness (QED) is 0.0522. The molecule has 22 heteroatoms. The van der Waals surface area contributed by atoms with E-state index in [4.69, 9.17) is 57.6 Å². The van der Waals surface area contributed by atoms with Crippen molar-refractivity contribution in [2.45, 2.75) is 77.0 Å². The Kier molecular flexibility index (Phi) is 23.4. The van der Waals surface area contributed by atoms with E-state index in [0.29, 0.717) is 167 Å². The molecule has 0 aliphatic carbocycles. The van der Waals surface area contributed by atoms with Crippen LogP contribution >= 0.6 is 11.8 Å². The third-order valence-corrected chi connectivity index (χ3v) is 15.4. The molecule has 4 aliphatic rings. The number of hydrogen-bond donors (Lipinski definition) is 1. The highest BCUT2D eigenvalue weighted by Crippen LogP contribution is 2.41. The lowest BCUT2D eigenvalue weighted by molar-refractivity contribution is -0.127. The van der Waals surface area contributed by atoms with Gasteiger partial charge in [-0.1, -0.05) is 23.3 Å². The average Bonchev–Trinajstić information content (AvgIpc) is 4.15. The van der Waals surface area contributed by atoms with Gasteiger partial charge in [-0.25, -0.2) is 0 Å². The third kappa shape index (κ3) is 17.7. The van der Waals surface area contributed by atoms with Gasteiger partial charge >= 0.3 is 0 Å². The van der Waals surface area contributed by atoms with Gasteiger partial charge in [-0.2, -0.15) is 0 Å². The van der Waals surface area contributed by atoms with Crippen LogP contribution in [0.5, 0.6) is 28.7 Å². The number of amides is 4. The number of fused-ring (bicyclic) bond motifs is 4. The van der Waals surface area contributed by atoms with E-state index < -0.39 is 0 Å². The summed E-state index contributed by atoms with van der Waals surface area (Å²) in [7, 11) is 8.47. The second-order valence-corrected chi connectivity index (χ2v) is 22.3. The molecule has 0 saturated carbocycles. The fraction of sp³-hybridized carbons (Fsp3) is 0.542. The fourth-order valence-electron chi connectivity index (χ4n) is 9.52. The average molecular weight is 1140 g/mol. The molecule has 0 radical (unpaired) electrons. The molecule has 440 valence electrons. The van der Waals surface area contributed by atoms with Crippen molar-refractivity contribution in [3.05, 3.63) is 82.2 Å². The number of rotatable bonds is 32. The number of thioether (sulfide) groups is 1. The van der Waals surface area contributed by atoms with Crippen molar-refractivity contribution >= 4 is 59.2 Å².